The van der Waals surface area contributed by atoms with Gasteiger partial charge in [0.15, 0.2) is 5.82 Å². The average Bonchev–Trinajstić information content (AvgIpc) is 2.92. The largest absolute Gasteiger partial charge is 0.399 e. The van der Waals surface area contributed by atoms with Crippen molar-refractivity contribution in [3.63, 3.8) is 0 Å². The van der Waals surface area contributed by atoms with Gasteiger partial charge in [0.2, 0.25) is 5.91 Å². The molecule has 1 amide bonds. The molecule has 0 saturated carbocycles. The third-order valence-corrected chi connectivity index (χ3v) is 2.47. The summed E-state index contributed by atoms with van der Waals surface area (Å²) in [5.41, 5.74) is 7.16. The number of anilines is 1. The second-order valence-electron chi connectivity index (χ2n) is 4.00. The predicted molar refractivity (Wildman–Crippen MR) is 70.6 cm³/mol. The molecule has 7 nitrogen and oxygen atoms in total. The molecule has 7 heteroatoms. The standard InChI is InChI=1S/C12H14N6O/c1-8(12-15-17-18-16-12)14-11(19)7-4-9-2-5-10(13)6-3-9/h2-8H,13H2,1H3,(H,14,19)(H,15,16,17,18)/b7-4+. The molecule has 1 heterocycles. The lowest BCUT2D eigenvalue weighted by atomic mass is 10.2. The Hall–Kier alpha value is -2.70. The first-order chi connectivity index (χ1) is 9.15. The minimum absolute atomic E-state index is 0.228. The molecule has 0 saturated heterocycles. The molecule has 98 valence electrons. The van der Waals surface area contributed by atoms with Gasteiger partial charge in [-0.2, -0.15) is 5.21 Å². The van der Waals surface area contributed by atoms with E-state index < -0.39 is 0 Å². The normalized spacial score (nSPS) is 12.5. The molecule has 2 aromatic rings. The SMILES string of the molecule is CC(NC(=O)/C=C/c1ccc(N)cc1)c1nn[nH]n1. The molecule has 0 aliphatic heterocycles. The fraction of sp³-hybridized carbons (Fsp3) is 0.167. The molecule has 1 aromatic carbocycles. The summed E-state index contributed by atoms with van der Waals surface area (Å²) in [6.07, 6.45) is 3.15. The number of nitrogen functional groups attached to an aromatic ring is 1. The van der Waals surface area contributed by atoms with Crippen LogP contribution in [-0.2, 0) is 4.79 Å². The summed E-state index contributed by atoms with van der Waals surface area (Å²) in [5, 5.41) is 16.1. The Balaban J connectivity index is 1.92. The highest BCUT2D eigenvalue weighted by molar-refractivity contribution is 5.91. The molecule has 2 rings (SSSR count). The molecule has 0 aliphatic carbocycles. The lowest BCUT2D eigenvalue weighted by Gasteiger charge is -2.06. The van der Waals surface area contributed by atoms with Crippen LogP contribution < -0.4 is 11.1 Å². The molecule has 0 spiro atoms. The molecular formula is C12H14N6O. The number of hydrogen-bond donors (Lipinski definition) is 3. The van der Waals surface area contributed by atoms with Gasteiger partial charge in [-0.15, -0.1) is 10.2 Å². The van der Waals surface area contributed by atoms with Gasteiger partial charge in [0.25, 0.3) is 0 Å². The Morgan fingerprint density at radius 2 is 2.16 bits per heavy atom. The molecule has 1 unspecified atom stereocenters. The van der Waals surface area contributed by atoms with Gasteiger partial charge in [-0.25, -0.2) is 0 Å². The highest BCUT2D eigenvalue weighted by atomic mass is 16.1. The summed E-state index contributed by atoms with van der Waals surface area (Å²) in [6, 6.07) is 6.92. The van der Waals surface area contributed by atoms with E-state index in [0.717, 1.165) is 5.56 Å². The van der Waals surface area contributed by atoms with Crippen LogP contribution in [-0.4, -0.2) is 26.5 Å². The quantitative estimate of drug-likeness (QED) is 0.551. The third kappa shape index (κ3) is 3.63. The average molecular weight is 258 g/mol. The van der Waals surface area contributed by atoms with Crippen molar-refractivity contribution in [1.29, 1.82) is 0 Å². The van der Waals surface area contributed by atoms with Crippen LogP contribution in [0, 0.1) is 0 Å². The summed E-state index contributed by atoms with van der Waals surface area (Å²) in [4.78, 5) is 11.7. The fourth-order valence-electron chi connectivity index (χ4n) is 1.46. The van der Waals surface area contributed by atoms with E-state index in [2.05, 4.69) is 25.9 Å². The molecule has 0 fully saturated rings. The van der Waals surface area contributed by atoms with Crippen LogP contribution in [0.5, 0.6) is 0 Å². The monoisotopic (exact) mass is 258 g/mol. The molecule has 1 atom stereocenters. The van der Waals surface area contributed by atoms with E-state index in [4.69, 9.17) is 5.73 Å². The molecular weight excluding hydrogens is 244 g/mol. The number of nitrogens with one attached hydrogen (secondary N) is 2. The van der Waals surface area contributed by atoms with Crippen molar-refractivity contribution >= 4 is 17.7 Å². The number of amides is 1. The Morgan fingerprint density at radius 3 is 2.79 bits per heavy atom. The van der Waals surface area contributed by atoms with Crippen LogP contribution in [0.3, 0.4) is 0 Å². The van der Waals surface area contributed by atoms with E-state index in [0.29, 0.717) is 11.5 Å². The van der Waals surface area contributed by atoms with Gasteiger partial charge in [0.05, 0.1) is 6.04 Å². The van der Waals surface area contributed by atoms with Crippen LogP contribution in [0.15, 0.2) is 30.3 Å². The summed E-state index contributed by atoms with van der Waals surface area (Å²) < 4.78 is 0. The van der Waals surface area contributed by atoms with E-state index in [1.165, 1.54) is 6.08 Å². The first-order valence-electron chi connectivity index (χ1n) is 5.72. The summed E-state index contributed by atoms with van der Waals surface area (Å²) >= 11 is 0. The summed E-state index contributed by atoms with van der Waals surface area (Å²) in [6.45, 7) is 1.78. The van der Waals surface area contributed by atoms with Crippen molar-refractivity contribution in [1.82, 2.24) is 25.9 Å². The highest BCUT2D eigenvalue weighted by Crippen LogP contribution is 2.07. The Kier molecular flexibility index (Phi) is 3.87. The maximum absolute atomic E-state index is 11.7. The molecule has 4 N–H and O–H groups in total. The van der Waals surface area contributed by atoms with Crippen molar-refractivity contribution in [3.8, 4) is 0 Å². The smallest absolute Gasteiger partial charge is 0.244 e. The van der Waals surface area contributed by atoms with Gasteiger partial charge in [0.1, 0.15) is 0 Å². The number of rotatable bonds is 4. The number of benzene rings is 1. The van der Waals surface area contributed by atoms with Crippen molar-refractivity contribution in [2.75, 3.05) is 5.73 Å². The number of hydrogen-bond acceptors (Lipinski definition) is 5. The number of aromatic nitrogens is 4. The van der Waals surface area contributed by atoms with Crippen LogP contribution in [0.4, 0.5) is 5.69 Å². The maximum atomic E-state index is 11.7. The Bertz CT molecular complexity index is 560. The molecule has 0 radical (unpaired) electrons. The van der Waals surface area contributed by atoms with Crippen molar-refractivity contribution in [3.05, 3.63) is 41.7 Å². The molecule has 19 heavy (non-hydrogen) atoms. The first kappa shape index (κ1) is 12.7. The number of nitrogens with two attached hydrogens (primary N) is 1. The Labute approximate surface area is 109 Å². The van der Waals surface area contributed by atoms with Gasteiger partial charge >= 0.3 is 0 Å². The van der Waals surface area contributed by atoms with E-state index in [9.17, 15) is 4.79 Å². The van der Waals surface area contributed by atoms with Gasteiger partial charge < -0.3 is 11.1 Å². The number of H-pyrrole nitrogens is 1. The van der Waals surface area contributed by atoms with Crippen LogP contribution in [0.1, 0.15) is 24.4 Å². The molecule has 0 bridgehead atoms. The third-order valence-electron chi connectivity index (χ3n) is 2.47. The molecule has 0 aliphatic rings. The summed E-state index contributed by atoms with van der Waals surface area (Å²) in [5.74, 6) is 0.211. The van der Waals surface area contributed by atoms with E-state index in [1.54, 1.807) is 25.1 Å². The van der Waals surface area contributed by atoms with Crippen molar-refractivity contribution in [2.45, 2.75) is 13.0 Å². The first-order valence-corrected chi connectivity index (χ1v) is 5.72. The number of nitrogens with zero attached hydrogens (tertiary/aromatic N) is 3. The predicted octanol–water partition coefficient (Wildman–Crippen LogP) is 0.672. The van der Waals surface area contributed by atoms with Gasteiger partial charge in [-0.1, -0.05) is 17.3 Å². The maximum Gasteiger partial charge on any atom is 0.244 e. The highest BCUT2D eigenvalue weighted by Gasteiger charge is 2.11. The van der Waals surface area contributed by atoms with E-state index in [-0.39, 0.29) is 11.9 Å². The van der Waals surface area contributed by atoms with E-state index >= 15 is 0 Å². The van der Waals surface area contributed by atoms with Crippen molar-refractivity contribution < 1.29 is 4.79 Å². The van der Waals surface area contributed by atoms with Crippen LogP contribution in [0.2, 0.25) is 0 Å². The second-order valence-corrected chi connectivity index (χ2v) is 4.00. The van der Waals surface area contributed by atoms with Crippen LogP contribution in [0.25, 0.3) is 6.08 Å². The minimum atomic E-state index is -0.303. The zero-order chi connectivity index (χ0) is 13.7. The minimum Gasteiger partial charge on any atom is -0.399 e. The second kappa shape index (κ2) is 5.76. The topological polar surface area (TPSA) is 110 Å². The van der Waals surface area contributed by atoms with Crippen molar-refractivity contribution in [2.24, 2.45) is 0 Å². The fourth-order valence-corrected chi connectivity index (χ4v) is 1.46. The number of tetrazole rings is 1. The zero-order valence-electron chi connectivity index (χ0n) is 10.4. The molecule has 1 aromatic heterocycles. The van der Waals surface area contributed by atoms with Crippen LogP contribution >= 0.6 is 0 Å². The lowest BCUT2D eigenvalue weighted by Crippen LogP contribution is -2.25. The lowest BCUT2D eigenvalue weighted by molar-refractivity contribution is -0.117. The Morgan fingerprint density at radius 1 is 1.42 bits per heavy atom. The number of aromatic amines is 1. The van der Waals surface area contributed by atoms with E-state index in [1.807, 2.05) is 12.1 Å². The zero-order valence-corrected chi connectivity index (χ0v) is 10.4. The number of carbonyl (C=O) groups is 1. The number of carbonyl (C=O) groups excluding carboxylic acids is 1. The van der Waals surface area contributed by atoms with Gasteiger partial charge in [0, 0.05) is 11.8 Å². The van der Waals surface area contributed by atoms with Gasteiger partial charge in [-0.05, 0) is 30.7 Å². The van der Waals surface area contributed by atoms with Gasteiger partial charge in [-0.3, -0.25) is 4.79 Å². The summed E-state index contributed by atoms with van der Waals surface area (Å²) in [7, 11) is 0.